The smallest absolute Gasteiger partial charge is 0.238 e. The predicted molar refractivity (Wildman–Crippen MR) is 149 cm³/mol. The van der Waals surface area contributed by atoms with Crippen LogP contribution < -0.4 is 9.47 Å². The highest BCUT2D eigenvalue weighted by atomic mass is 35.5. The molecule has 0 saturated carbocycles. The van der Waals surface area contributed by atoms with Crippen molar-refractivity contribution in [2.45, 2.75) is 0 Å². The molecule has 8 heteroatoms. The molecule has 0 fully saturated rings. The highest BCUT2D eigenvalue weighted by Gasteiger charge is 2.23. The third-order valence-electron chi connectivity index (χ3n) is 5.87. The summed E-state index contributed by atoms with van der Waals surface area (Å²) in [5.74, 6) is 3.16. The van der Waals surface area contributed by atoms with E-state index in [1.807, 2.05) is 54.6 Å². The van der Waals surface area contributed by atoms with E-state index in [-0.39, 0.29) is 5.88 Å². The van der Waals surface area contributed by atoms with Gasteiger partial charge in [0.25, 0.3) is 0 Å². The van der Waals surface area contributed by atoms with Crippen LogP contribution in [0.3, 0.4) is 0 Å². The zero-order valence-corrected chi connectivity index (χ0v) is 21.9. The van der Waals surface area contributed by atoms with Crippen LogP contribution in [0, 0.1) is 11.3 Å². The summed E-state index contributed by atoms with van der Waals surface area (Å²) in [5.41, 5.74) is 3.27. The SMILES string of the molecule is COc1ccc(-c2oc(N=Cc3ccc(-c4ccc(Cl)c(Cl)c4)o3)c(C#N)c2-c2ccc(OC)cc2)cc1. The number of rotatable bonds is 7. The monoisotopic (exact) mass is 542 g/mol. The minimum atomic E-state index is 0.164. The van der Waals surface area contributed by atoms with Crippen LogP contribution in [0.5, 0.6) is 11.5 Å². The van der Waals surface area contributed by atoms with E-state index in [1.54, 1.807) is 38.5 Å². The van der Waals surface area contributed by atoms with Gasteiger partial charge in [-0.1, -0.05) is 35.3 Å². The second-order valence-corrected chi connectivity index (χ2v) is 8.96. The van der Waals surface area contributed by atoms with Gasteiger partial charge in [-0.25, -0.2) is 4.99 Å². The van der Waals surface area contributed by atoms with Gasteiger partial charge in [-0.2, -0.15) is 5.26 Å². The third-order valence-corrected chi connectivity index (χ3v) is 6.61. The number of furan rings is 2. The van der Waals surface area contributed by atoms with Crippen LogP contribution in [0.4, 0.5) is 5.88 Å². The molecule has 188 valence electrons. The van der Waals surface area contributed by atoms with Gasteiger partial charge in [-0.05, 0) is 72.3 Å². The van der Waals surface area contributed by atoms with E-state index in [2.05, 4.69) is 11.1 Å². The first-order chi connectivity index (χ1) is 18.5. The quantitative estimate of drug-likeness (QED) is 0.192. The van der Waals surface area contributed by atoms with Gasteiger partial charge in [-0.3, -0.25) is 0 Å². The summed E-state index contributed by atoms with van der Waals surface area (Å²) in [6.45, 7) is 0. The fourth-order valence-corrected chi connectivity index (χ4v) is 4.24. The van der Waals surface area contributed by atoms with E-state index in [0.29, 0.717) is 50.0 Å². The van der Waals surface area contributed by atoms with Crippen LogP contribution in [-0.2, 0) is 0 Å². The molecule has 5 aromatic rings. The van der Waals surface area contributed by atoms with E-state index in [9.17, 15) is 5.26 Å². The lowest BCUT2D eigenvalue weighted by Gasteiger charge is -2.06. The normalized spacial score (nSPS) is 11.0. The van der Waals surface area contributed by atoms with Crippen LogP contribution in [-0.4, -0.2) is 20.4 Å². The van der Waals surface area contributed by atoms with E-state index in [0.717, 1.165) is 16.7 Å². The molecule has 6 nitrogen and oxygen atoms in total. The standard InChI is InChI=1S/C30H20Cl2N2O4/c1-35-21-8-3-18(4-9-21)28-24(16-33)30(38-29(28)19-5-10-22(36-2)11-6-19)34-17-23-12-14-27(37-23)20-7-13-25(31)26(32)15-20/h3-15,17H,1-2H3. The average Bonchev–Trinajstić information content (AvgIpc) is 3.58. The van der Waals surface area contributed by atoms with Crippen LogP contribution in [0.1, 0.15) is 11.3 Å². The maximum absolute atomic E-state index is 10.1. The molecule has 0 N–H and O–H groups in total. The summed E-state index contributed by atoms with van der Waals surface area (Å²) in [6, 6.07) is 25.9. The van der Waals surface area contributed by atoms with Gasteiger partial charge in [0.15, 0.2) is 0 Å². The first-order valence-electron chi connectivity index (χ1n) is 11.5. The Morgan fingerprint density at radius 3 is 2.00 bits per heavy atom. The number of hydrogen-bond acceptors (Lipinski definition) is 6. The molecule has 0 amide bonds. The Bertz CT molecular complexity index is 1660. The number of halogens is 2. The Kier molecular flexibility index (Phi) is 7.23. The second kappa shape index (κ2) is 10.9. The van der Waals surface area contributed by atoms with Crippen molar-refractivity contribution in [2.75, 3.05) is 14.2 Å². The minimum absolute atomic E-state index is 0.164. The second-order valence-electron chi connectivity index (χ2n) is 8.14. The van der Waals surface area contributed by atoms with Crippen LogP contribution in [0.2, 0.25) is 10.0 Å². The number of nitrogens with zero attached hydrogens (tertiary/aromatic N) is 2. The van der Waals surface area contributed by atoms with Crippen LogP contribution in [0.15, 0.2) is 92.7 Å². The minimum Gasteiger partial charge on any atom is -0.497 e. The van der Waals surface area contributed by atoms with Crippen molar-refractivity contribution in [2.24, 2.45) is 4.99 Å². The summed E-state index contributed by atoms with van der Waals surface area (Å²) in [4.78, 5) is 4.48. The molecule has 0 atom stereocenters. The molecule has 2 heterocycles. The summed E-state index contributed by atoms with van der Waals surface area (Å²) in [6.07, 6.45) is 1.51. The Morgan fingerprint density at radius 2 is 1.39 bits per heavy atom. The van der Waals surface area contributed by atoms with Gasteiger partial charge < -0.3 is 18.3 Å². The summed E-state index contributed by atoms with van der Waals surface area (Å²) in [5, 5.41) is 11.0. The number of ether oxygens (including phenoxy) is 2. The summed E-state index contributed by atoms with van der Waals surface area (Å²) in [7, 11) is 3.21. The number of nitriles is 1. The molecular weight excluding hydrogens is 523 g/mol. The predicted octanol–water partition coefficient (Wildman–Crippen LogP) is 8.82. The Labute approximate surface area is 229 Å². The average molecular weight is 543 g/mol. The Balaban J connectivity index is 1.56. The molecule has 0 aliphatic heterocycles. The fraction of sp³-hybridized carbons (Fsp3) is 0.0667. The molecule has 0 aliphatic carbocycles. The molecule has 38 heavy (non-hydrogen) atoms. The summed E-state index contributed by atoms with van der Waals surface area (Å²) >= 11 is 12.2. The summed E-state index contributed by atoms with van der Waals surface area (Å²) < 4.78 is 22.7. The van der Waals surface area contributed by atoms with Crippen molar-refractivity contribution < 1.29 is 18.3 Å². The van der Waals surface area contributed by atoms with Crippen LogP contribution >= 0.6 is 23.2 Å². The molecule has 0 unspecified atom stereocenters. The molecule has 0 aliphatic rings. The molecule has 5 rings (SSSR count). The van der Waals surface area contributed by atoms with Crippen molar-refractivity contribution in [1.82, 2.24) is 0 Å². The van der Waals surface area contributed by atoms with Crippen molar-refractivity contribution in [3.05, 3.63) is 100 Å². The van der Waals surface area contributed by atoms with Gasteiger partial charge in [0.05, 0.1) is 30.5 Å². The zero-order chi connectivity index (χ0) is 26.6. The lowest BCUT2D eigenvalue weighted by Crippen LogP contribution is -1.86. The van der Waals surface area contributed by atoms with Gasteiger partial charge in [0.1, 0.15) is 40.4 Å². The molecule has 0 spiro atoms. The molecule has 2 aromatic heterocycles. The first-order valence-corrected chi connectivity index (χ1v) is 12.2. The van der Waals surface area contributed by atoms with Gasteiger partial charge in [0, 0.05) is 16.7 Å². The van der Waals surface area contributed by atoms with Gasteiger partial charge in [-0.15, -0.1) is 0 Å². The maximum atomic E-state index is 10.1. The lowest BCUT2D eigenvalue weighted by molar-refractivity contribution is 0.414. The molecule has 3 aromatic carbocycles. The van der Waals surface area contributed by atoms with E-state index in [1.165, 1.54) is 6.21 Å². The molecule has 0 bridgehead atoms. The maximum Gasteiger partial charge on any atom is 0.238 e. The van der Waals surface area contributed by atoms with E-state index in [4.69, 9.17) is 41.5 Å². The van der Waals surface area contributed by atoms with Crippen LogP contribution in [0.25, 0.3) is 33.8 Å². The van der Waals surface area contributed by atoms with E-state index < -0.39 is 0 Å². The number of methoxy groups -OCH3 is 2. The number of aliphatic imine (C=N–C) groups is 1. The lowest BCUT2D eigenvalue weighted by atomic mass is 9.98. The Morgan fingerprint density at radius 1 is 0.763 bits per heavy atom. The molecule has 0 saturated heterocycles. The first kappa shape index (κ1) is 25.2. The van der Waals surface area contributed by atoms with Crippen molar-refractivity contribution >= 4 is 35.3 Å². The van der Waals surface area contributed by atoms with E-state index >= 15 is 0 Å². The van der Waals surface area contributed by atoms with Crippen molar-refractivity contribution in [1.29, 1.82) is 5.26 Å². The largest absolute Gasteiger partial charge is 0.497 e. The number of benzene rings is 3. The molecule has 0 radical (unpaired) electrons. The topological polar surface area (TPSA) is 80.9 Å². The molecular formula is C30H20Cl2N2O4. The Hall–Kier alpha value is -4.44. The van der Waals surface area contributed by atoms with Crippen molar-refractivity contribution in [3.8, 4) is 51.3 Å². The van der Waals surface area contributed by atoms with Gasteiger partial charge >= 0.3 is 0 Å². The van der Waals surface area contributed by atoms with Gasteiger partial charge in [0.2, 0.25) is 5.88 Å². The highest BCUT2D eigenvalue weighted by molar-refractivity contribution is 6.42. The fourth-order valence-electron chi connectivity index (χ4n) is 3.94. The zero-order valence-electron chi connectivity index (χ0n) is 20.4. The number of hydrogen-bond donors (Lipinski definition) is 0. The highest BCUT2D eigenvalue weighted by Crippen LogP contribution is 2.43. The van der Waals surface area contributed by atoms with Crippen molar-refractivity contribution in [3.63, 3.8) is 0 Å². The third kappa shape index (κ3) is 5.03.